The topological polar surface area (TPSA) is 78.4 Å². The smallest absolute Gasteiger partial charge is 0.230 e. The quantitative estimate of drug-likeness (QED) is 0.644. The molecule has 0 spiro atoms. The molecule has 1 fully saturated rings. The number of aryl methyl sites for hydroxylation is 1. The molecule has 156 valence electrons. The molecule has 9 heteroatoms. The zero-order chi connectivity index (χ0) is 20.6. The highest BCUT2D eigenvalue weighted by Crippen LogP contribution is 2.28. The van der Waals surface area contributed by atoms with Crippen molar-refractivity contribution in [3.8, 4) is 0 Å². The van der Waals surface area contributed by atoms with Gasteiger partial charge in [-0.1, -0.05) is 53.4 Å². The van der Waals surface area contributed by atoms with E-state index < -0.39 is 0 Å². The molecule has 0 atom stereocenters. The van der Waals surface area contributed by atoms with Crippen LogP contribution in [-0.4, -0.2) is 64.9 Å². The maximum atomic E-state index is 12.5. The molecule has 1 aromatic heterocycles. The first-order chi connectivity index (χ1) is 14.0. The number of nitrogens with zero attached hydrogens (tertiary/aromatic N) is 4. The number of rotatable bonds is 8. The lowest BCUT2D eigenvalue weighted by Gasteiger charge is -2.34. The van der Waals surface area contributed by atoms with Crippen molar-refractivity contribution in [3.05, 3.63) is 35.9 Å². The van der Waals surface area contributed by atoms with E-state index in [1.807, 2.05) is 36.9 Å². The van der Waals surface area contributed by atoms with Crippen LogP contribution in [0.15, 0.2) is 34.7 Å². The van der Waals surface area contributed by atoms with Crippen molar-refractivity contribution in [2.24, 2.45) is 0 Å². The van der Waals surface area contributed by atoms with Crippen molar-refractivity contribution in [2.45, 2.75) is 37.1 Å². The van der Waals surface area contributed by atoms with E-state index in [1.54, 1.807) is 0 Å². The van der Waals surface area contributed by atoms with Crippen molar-refractivity contribution in [2.75, 3.05) is 36.8 Å². The molecule has 0 aliphatic carbocycles. The highest BCUT2D eigenvalue weighted by atomic mass is 32.2. The normalized spacial score (nSPS) is 14.3. The third-order valence-electron chi connectivity index (χ3n) is 4.55. The van der Waals surface area contributed by atoms with Gasteiger partial charge in [-0.3, -0.25) is 9.59 Å². The van der Waals surface area contributed by atoms with E-state index in [0.717, 1.165) is 29.0 Å². The molecular formula is C20H27N5O2S2. The summed E-state index contributed by atoms with van der Waals surface area (Å²) in [6.45, 7) is 6.79. The third-order valence-corrected chi connectivity index (χ3v) is 6.66. The predicted molar refractivity (Wildman–Crippen MR) is 117 cm³/mol. The summed E-state index contributed by atoms with van der Waals surface area (Å²) in [5.41, 5.74) is 1.19. The molecule has 29 heavy (non-hydrogen) atoms. The third kappa shape index (κ3) is 6.71. The molecule has 2 amide bonds. The summed E-state index contributed by atoms with van der Waals surface area (Å²) in [6, 6.07) is 10.3. The number of anilines is 1. The standard InChI is InChI=1S/C20H27N5O2S2/c1-15(2)21-17(26)14-28-20-23-22-19(29-20)25-12-10-24(11-13-25)18(27)9-8-16-6-4-3-5-7-16/h3-7,15H,8-14H2,1-2H3,(H,21,26). The van der Waals surface area contributed by atoms with E-state index >= 15 is 0 Å². The fraction of sp³-hybridized carbons (Fsp3) is 0.500. The molecule has 1 N–H and O–H groups in total. The van der Waals surface area contributed by atoms with Gasteiger partial charge in [-0.15, -0.1) is 10.2 Å². The minimum atomic E-state index is 0.00406. The lowest BCUT2D eigenvalue weighted by Crippen LogP contribution is -2.48. The van der Waals surface area contributed by atoms with Gasteiger partial charge in [0.25, 0.3) is 0 Å². The van der Waals surface area contributed by atoms with Crippen LogP contribution in [0.3, 0.4) is 0 Å². The van der Waals surface area contributed by atoms with Gasteiger partial charge in [-0.2, -0.15) is 0 Å². The summed E-state index contributed by atoms with van der Waals surface area (Å²) in [4.78, 5) is 28.3. The number of amides is 2. The summed E-state index contributed by atoms with van der Waals surface area (Å²) < 4.78 is 0.792. The first kappa shape index (κ1) is 21.6. The minimum absolute atomic E-state index is 0.00406. The van der Waals surface area contributed by atoms with Crippen LogP contribution in [0.1, 0.15) is 25.8 Å². The lowest BCUT2D eigenvalue weighted by atomic mass is 10.1. The number of carbonyl (C=O) groups is 2. The minimum Gasteiger partial charge on any atom is -0.353 e. The number of piperazine rings is 1. The maximum Gasteiger partial charge on any atom is 0.230 e. The average Bonchev–Trinajstić information content (AvgIpc) is 3.20. The van der Waals surface area contributed by atoms with Gasteiger partial charge in [0.1, 0.15) is 0 Å². The molecule has 2 heterocycles. The molecule has 0 unspecified atom stereocenters. The number of nitrogens with one attached hydrogen (secondary N) is 1. The summed E-state index contributed by atoms with van der Waals surface area (Å²) in [5, 5.41) is 12.2. The van der Waals surface area contributed by atoms with E-state index in [-0.39, 0.29) is 17.9 Å². The lowest BCUT2D eigenvalue weighted by molar-refractivity contribution is -0.131. The van der Waals surface area contributed by atoms with Crippen molar-refractivity contribution < 1.29 is 9.59 Å². The second kappa shape index (κ2) is 10.6. The maximum absolute atomic E-state index is 12.5. The molecule has 1 saturated heterocycles. The Morgan fingerprint density at radius 3 is 2.55 bits per heavy atom. The Morgan fingerprint density at radius 1 is 1.14 bits per heavy atom. The van der Waals surface area contributed by atoms with Gasteiger partial charge in [0.15, 0.2) is 4.34 Å². The zero-order valence-corrected chi connectivity index (χ0v) is 18.5. The van der Waals surface area contributed by atoms with E-state index in [0.29, 0.717) is 25.3 Å². The number of thioether (sulfide) groups is 1. The Balaban J connectivity index is 1.41. The van der Waals surface area contributed by atoms with E-state index in [9.17, 15) is 9.59 Å². The Labute approximate surface area is 179 Å². The molecule has 7 nitrogen and oxygen atoms in total. The first-order valence-electron chi connectivity index (χ1n) is 9.83. The van der Waals surface area contributed by atoms with Crippen LogP contribution in [-0.2, 0) is 16.0 Å². The van der Waals surface area contributed by atoms with Gasteiger partial charge >= 0.3 is 0 Å². The van der Waals surface area contributed by atoms with Gasteiger partial charge in [-0.05, 0) is 25.8 Å². The van der Waals surface area contributed by atoms with E-state index in [1.165, 1.54) is 28.7 Å². The number of hydrogen-bond acceptors (Lipinski definition) is 7. The fourth-order valence-electron chi connectivity index (χ4n) is 3.08. The molecule has 1 aliphatic rings. The van der Waals surface area contributed by atoms with E-state index in [4.69, 9.17) is 0 Å². The number of aromatic nitrogens is 2. The fourth-order valence-corrected chi connectivity index (χ4v) is 4.78. The zero-order valence-electron chi connectivity index (χ0n) is 16.8. The average molecular weight is 434 g/mol. The summed E-state index contributed by atoms with van der Waals surface area (Å²) in [6.07, 6.45) is 1.32. The molecule has 0 saturated carbocycles. The van der Waals surface area contributed by atoms with Crippen molar-refractivity contribution in [3.63, 3.8) is 0 Å². The summed E-state index contributed by atoms with van der Waals surface area (Å²) >= 11 is 2.91. The SMILES string of the molecule is CC(C)NC(=O)CSc1nnc(N2CCN(C(=O)CCc3ccccc3)CC2)s1. The van der Waals surface area contributed by atoms with Gasteiger partial charge in [0, 0.05) is 38.6 Å². The van der Waals surface area contributed by atoms with Crippen LogP contribution in [0.2, 0.25) is 0 Å². The number of hydrogen-bond donors (Lipinski definition) is 1. The Bertz CT molecular complexity index is 804. The number of benzene rings is 1. The van der Waals surface area contributed by atoms with Crippen molar-refractivity contribution in [1.29, 1.82) is 0 Å². The van der Waals surface area contributed by atoms with Crippen molar-refractivity contribution >= 4 is 40.0 Å². The molecule has 1 aromatic carbocycles. The van der Waals surface area contributed by atoms with Crippen LogP contribution in [0.4, 0.5) is 5.13 Å². The highest BCUT2D eigenvalue weighted by molar-refractivity contribution is 8.01. The Morgan fingerprint density at radius 2 is 1.86 bits per heavy atom. The van der Waals surface area contributed by atoms with Gasteiger partial charge < -0.3 is 15.1 Å². The van der Waals surface area contributed by atoms with Crippen LogP contribution in [0.25, 0.3) is 0 Å². The Hall–Kier alpha value is -2.13. The molecule has 1 aliphatic heterocycles. The molecule has 3 rings (SSSR count). The number of carbonyl (C=O) groups excluding carboxylic acids is 2. The summed E-state index contributed by atoms with van der Waals surface area (Å²) in [5.74, 6) is 0.554. The van der Waals surface area contributed by atoms with Crippen LogP contribution in [0.5, 0.6) is 0 Å². The van der Waals surface area contributed by atoms with Gasteiger partial charge in [0.2, 0.25) is 16.9 Å². The first-order valence-corrected chi connectivity index (χ1v) is 11.6. The largest absolute Gasteiger partial charge is 0.353 e. The Kier molecular flexibility index (Phi) is 7.88. The molecule has 0 bridgehead atoms. The van der Waals surface area contributed by atoms with Gasteiger partial charge in [0.05, 0.1) is 5.75 Å². The molecule has 2 aromatic rings. The second-order valence-corrected chi connectivity index (χ2v) is 9.39. The van der Waals surface area contributed by atoms with Crippen LogP contribution in [0, 0.1) is 0 Å². The summed E-state index contributed by atoms with van der Waals surface area (Å²) in [7, 11) is 0. The highest BCUT2D eigenvalue weighted by Gasteiger charge is 2.23. The second-order valence-electron chi connectivity index (χ2n) is 7.21. The van der Waals surface area contributed by atoms with E-state index in [2.05, 4.69) is 32.5 Å². The van der Waals surface area contributed by atoms with Gasteiger partial charge in [-0.25, -0.2) is 0 Å². The molecule has 0 radical (unpaired) electrons. The van der Waals surface area contributed by atoms with Crippen LogP contribution < -0.4 is 10.2 Å². The molecular weight excluding hydrogens is 406 g/mol. The predicted octanol–water partition coefficient (Wildman–Crippen LogP) is 2.44. The monoisotopic (exact) mass is 433 g/mol. The van der Waals surface area contributed by atoms with Crippen LogP contribution >= 0.6 is 23.1 Å². The van der Waals surface area contributed by atoms with Crippen molar-refractivity contribution in [1.82, 2.24) is 20.4 Å².